The first kappa shape index (κ1) is 20.1. The van der Waals surface area contributed by atoms with Crippen LogP contribution in [-0.2, 0) is 14.1 Å². The van der Waals surface area contributed by atoms with E-state index in [1.807, 2.05) is 0 Å². The molecule has 3 rings (SSSR count). The second kappa shape index (κ2) is 10.0. The van der Waals surface area contributed by atoms with Crippen molar-refractivity contribution in [3.8, 4) is 0 Å². The van der Waals surface area contributed by atoms with Crippen LogP contribution in [0.15, 0.2) is 30.0 Å². The molecular weight excluding hydrogens is 620 g/mol. The summed E-state index contributed by atoms with van der Waals surface area (Å²) >= 11 is 15.8. The van der Waals surface area contributed by atoms with Crippen LogP contribution in [0.1, 0.15) is 0 Å². The van der Waals surface area contributed by atoms with Crippen molar-refractivity contribution in [3.63, 3.8) is 0 Å². The molecule has 0 aliphatic carbocycles. The predicted molar refractivity (Wildman–Crippen MR) is 103 cm³/mol. The summed E-state index contributed by atoms with van der Waals surface area (Å²) in [5.74, 6) is 0. The maximum Gasteiger partial charge on any atom is 0.162 e. The van der Waals surface area contributed by atoms with Gasteiger partial charge in [-0.15, -0.1) is 15.3 Å². The van der Waals surface area contributed by atoms with E-state index in [2.05, 4.69) is 110 Å². The van der Waals surface area contributed by atoms with Crippen molar-refractivity contribution >= 4 is 88.9 Å². The third-order valence-corrected chi connectivity index (χ3v) is 5.54. The van der Waals surface area contributed by atoms with Crippen molar-refractivity contribution < 1.29 is 0 Å². The minimum atomic E-state index is 0.557. The van der Waals surface area contributed by atoms with E-state index in [1.54, 1.807) is 20.3 Å². The number of hydrogen-bond acceptors (Lipinski definition) is 6. The molecule has 8 nitrogen and oxygen atoms in total. The Morgan fingerprint density at radius 2 is 1.32 bits per heavy atom. The molecule has 2 aromatic heterocycles. The highest BCUT2D eigenvalue weighted by atomic mass is 79.9. The van der Waals surface area contributed by atoms with Crippen molar-refractivity contribution in [2.75, 3.05) is 6.67 Å². The predicted octanol–water partition coefficient (Wildman–Crippen LogP) is 3.46. The molecule has 0 aromatic carbocycles. The third-order valence-electron chi connectivity index (χ3n) is 1.80. The lowest BCUT2D eigenvalue weighted by Crippen LogP contribution is -1.90. The molecule has 0 fully saturated rings. The summed E-state index contributed by atoms with van der Waals surface area (Å²) < 4.78 is 3.87. The Kier molecular flexibility index (Phi) is 9.12. The lowest BCUT2D eigenvalue weighted by molar-refractivity contribution is 0.648. The van der Waals surface area contributed by atoms with Gasteiger partial charge in [-0.05, 0) is 79.6 Å². The highest BCUT2D eigenvalue weighted by Crippen LogP contribution is 2.15. The van der Waals surface area contributed by atoms with Crippen LogP contribution < -0.4 is 0 Å². The van der Waals surface area contributed by atoms with E-state index < -0.39 is 0 Å². The van der Waals surface area contributed by atoms with Gasteiger partial charge in [0.25, 0.3) is 0 Å². The number of rotatable bonds is 0. The monoisotopic (exact) mass is 624 g/mol. The van der Waals surface area contributed by atoms with E-state index in [4.69, 9.17) is 0 Å². The number of nitrogens with zero attached hydrogens (tertiary/aromatic N) is 8. The molecular formula is C9H9Br5N8. The topological polar surface area (TPSA) is 86.1 Å². The molecule has 3 heterocycles. The molecule has 0 N–H and O–H groups in total. The average Bonchev–Trinajstić information content (AvgIpc) is 3.07. The van der Waals surface area contributed by atoms with Gasteiger partial charge in [0.15, 0.2) is 9.21 Å². The molecule has 0 saturated heterocycles. The third kappa shape index (κ3) is 7.53. The Bertz CT molecular complexity index is 623. The van der Waals surface area contributed by atoms with Gasteiger partial charge in [0, 0.05) is 14.1 Å². The summed E-state index contributed by atoms with van der Waals surface area (Å²) in [4.78, 5) is 10.8. The molecule has 0 atom stereocenters. The van der Waals surface area contributed by atoms with E-state index in [0.29, 0.717) is 6.67 Å². The fourth-order valence-electron chi connectivity index (χ4n) is 0.970. The second-order valence-corrected chi connectivity index (χ2v) is 7.28. The van der Waals surface area contributed by atoms with Crippen molar-refractivity contribution in [2.45, 2.75) is 0 Å². The lowest BCUT2D eigenvalue weighted by atomic mass is 10.8. The van der Waals surface area contributed by atoms with E-state index in [0.717, 1.165) is 23.1 Å². The zero-order valence-corrected chi connectivity index (χ0v) is 19.2. The molecule has 1 aliphatic rings. The Labute approximate surface area is 168 Å². The van der Waals surface area contributed by atoms with E-state index in [9.17, 15) is 0 Å². The molecule has 0 saturated carbocycles. The average molecular weight is 629 g/mol. The van der Waals surface area contributed by atoms with Crippen LogP contribution in [0.25, 0.3) is 0 Å². The second-order valence-electron chi connectivity index (χ2n) is 3.47. The summed E-state index contributed by atoms with van der Waals surface area (Å²) in [5, 5.41) is 15.4. The molecule has 0 spiro atoms. The van der Waals surface area contributed by atoms with Crippen LogP contribution in [0.3, 0.4) is 0 Å². The van der Waals surface area contributed by atoms with Crippen LogP contribution in [0.5, 0.6) is 0 Å². The van der Waals surface area contributed by atoms with Crippen molar-refractivity contribution in [3.05, 3.63) is 20.0 Å². The first-order valence-electron chi connectivity index (χ1n) is 5.44. The zero-order valence-electron chi connectivity index (χ0n) is 11.3. The lowest BCUT2D eigenvalue weighted by Gasteiger charge is -1.77. The molecule has 0 unspecified atom stereocenters. The van der Waals surface area contributed by atoms with Gasteiger partial charge in [0.2, 0.25) is 0 Å². The molecule has 120 valence electrons. The summed E-state index contributed by atoms with van der Waals surface area (Å²) in [6.07, 6.45) is 1.64. The SMILES string of the molecule is BrC1=NCN=C1Br.Cn1nc(Br)c(Br)n1.Cn1ncc(Br)n1. The van der Waals surface area contributed by atoms with Crippen LogP contribution >= 0.6 is 79.6 Å². The quantitative estimate of drug-likeness (QED) is 0.448. The summed E-state index contributed by atoms with van der Waals surface area (Å²) in [6.45, 7) is 0.557. The number of halogens is 5. The van der Waals surface area contributed by atoms with Gasteiger partial charge >= 0.3 is 0 Å². The molecule has 0 amide bonds. The van der Waals surface area contributed by atoms with E-state index >= 15 is 0 Å². The highest BCUT2D eigenvalue weighted by molar-refractivity contribution is 9.25. The molecule has 13 heteroatoms. The van der Waals surface area contributed by atoms with E-state index in [-0.39, 0.29) is 0 Å². The number of aromatic nitrogens is 6. The maximum atomic E-state index is 3.90. The fraction of sp³-hybridized carbons (Fsp3) is 0.333. The van der Waals surface area contributed by atoms with Gasteiger partial charge in [-0.25, -0.2) is 0 Å². The first-order chi connectivity index (χ1) is 10.3. The Morgan fingerprint density at radius 3 is 1.45 bits per heavy atom. The zero-order chi connectivity index (χ0) is 16.7. The molecule has 0 radical (unpaired) electrons. The van der Waals surface area contributed by atoms with E-state index in [1.165, 1.54) is 9.59 Å². The smallest absolute Gasteiger partial charge is 0.162 e. The van der Waals surface area contributed by atoms with Crippen LogP contribution in [-0.4, -0.2) is 45.9 Å². The first-order valence-corrected chi connectivity index (χ1v) is 9.40. The minimum Gasteiger partial charge on any atom is -0.252 e. The van der Waals surface area contributed by atoms with Crippen molar-refractivity contribution in [2.24, 2.45) is 24.1 Å². The molecule has 1 aliphatic heterocycles. The fourth-order valence-corrected chi connectivity index (χ4v) is 2.38. The Hall–Kier alpha value is 0.0200. The van der Waals surface area contributed by atoms with Crippen molar-refractivity contribution in [1.82, 2.24) is 30.0 Å². The minimum absolute atomic E-state index is 0.557. The van der Waals surface area contributed by atoms with Crippen LogP contribution in [0, 0.1) is 0 Å². The number of aryl methyl sites for hydroxylation is 2. The summed E-state index contributed by atoms with van der Waals surface area (Å²) in [6, 6.07) is 0. The van der Waals surface area contributed by atoms with Crippen LogP contribution in [0.2, 0.25) is 0 Å². The Balaban J connectivity index is 0.000000166. The maximum absolute atomic E-state index is 3.90. The number of aliphatic imine (C=N–C) groups is 2. The molecule has 2 aromatic rings. The molecule has 22 heavy (non-hydrogen) atoms. The van der Waals surface area contributed by atoms with Gasteiger partial charge in [-0.1, -0.05) is 0 Å². The summed E-state index contributed by atoms with van der Waals surface area (Å²) in [7, 11) is 3.53. The normalized spacial score (nSPS) is 12.7. The van der Waals surface area contributed by atoms with Gasteiger partial charge in [0.05, 0.1) is 6.20 Å². The standard InChI is InChI=1S/C3H3Br2N3.C3H2Br2N2.C3H4BrN3/c1-8-6-2(4)3(5)7-8;4-2-3(5)7-1-6-2;1-7-5-2-3(4)6-7/h1H3;1H2;2H,1H3. The Morgan fingerprint density at radius 1 is 0.818 bits per heavy atom. The largest absolute Gasteiger partial charge is 0.252 e. The molecule has 0 bridgehead atoms. The number of hydrogen-bond donors (Lipinski definition) is 0. The van der Waals surface area contributed by atoms with Gasteiger partial charge < -0.3 is 0 Å². The van der Waals surface area contributed by atoms with Crippen molar-refractivity contribution in [1.29, 1.82) is 0 Å². The van der Waals surface area contributed by atoms with Gasteiger partial charge in [-0.2, -0.15) is 14.7 Å². The summed E-state index contributed by atoms with van der Waals surface area (Å²) in [5.41, 5.74) is 0. The van der Waals surface area contributed by atoms with Crippen LogP contribution in [0.4, 0.5) is 0 Å². The van der Waals surface area contributed by atoms with Gasteiger partial charge in [0.1, 0.15) is 20.5 Å². The van der Waals surface area contributed by atoms with Gasteiger partial charge in [-0.3, -0.25) is 9.98 Å². The highest BCUT2D eigenvalue weighted by Gasteiger charge is 2.03.